The van der Waals surface area contributed by atoms with E-state index in [1.54, 1.807) is 13.3 Å². The molecule has 6 heteroatoms. The van der Waals surface area contributed by atoms with E-state index in [0.717, 1.165) is 38.0 Å². The first-order valence-corrected chi connectivity index (χ1v) is 9.66. The number of aromatic nitrogens is 2. The second-order valence-electron chi connectivity index (χ2n) is 8.28. The molecule has 5 nitrogen and oxygen atoms in total. The fraction of sp³-hybridized carbons (Fsp3) is 0.545. The van der Waals surface area contributed by atoms with E-state index >= 15 is 0 Å². The van der Waals surface area contributed by atoms with Crippen LogP contribution in [0, 0.1) is 12.3 Å². The van der Waals surface area contributed by atoms with Gasteiger partial charge in [0, 0.05) is 48.3 Å². The van der Waals surface area contributed by atoms with Crippen LogP contribution in [-0.2, 0) is 12.0 Å². The normalized spacial score (nSPS) is 20.0. The summed E-state index contributed by atoms with van der Waals surface area (Å²) in [6, 6.07) is 8.26. The maximum Gasteiger partial charge on any atom is 0.213 e. The highest BCUT2D eigenvalue weighted by molar-refractivity contribution is 5.85. The van der Waals surface area contributed by atoms with Crippen molar-refractivity contribution in [2.24, 2.45) is 5.41 Å². The zero-order valence-electron chi connectivity index (χ0n) is 17.3. The maximum absolute atomic E-state index is 10.2. The lowest BCUT2D eigenvalue weighted by Gasteiger charge is -2.37. The number of aliphatic hydroxyl groups is 1. The number of ether oxygens (including phenoxy) is 1. The van der Waals surface area contributed by atoms with Crippen LogP contribution in [0.25, 0.3) is 0 Å². The number of hydrogen-bond donors (Lipinski definition) is 1. The predicted octanol–water partition coefficient (Wildman–Crippen LogP) is 3.77. The van der Waals surface area contributed by atoms with Crippen LogP contribution in [0.1, 0.15) is 43.5 Å². The Balaban J connectivity index is 0.00000280. The molecule has 1 fully saturated rings. The van der Waals surface area contributed by atoms with E-state index in [1.807, 2.05) is 25.3 Å². The zero-order valence-corrected chi connectivity index (χ0v) is 18.1. The first-order valence-electron chi connectivity index (χ1n) is 9.66. The Kier molecular flexibility index (Phi) is 7.43. The number of methoxy groups -OCH3 is 1. The van der Waals surface area contributed by atoms with Crippen molar-refractivity contribution < 1.29 is 9.84 Å². The SMILES string of the molecule is COc1cc(CC[C@]2(CO)CCN(C(C)(C)c3ccc(C)nc3)C2)ccn1.Cl. The van der Waals surface area contributed by atoms with Crippen LogP contribution in [-0.4, -0.2) is 46.8 Å². The first kappa shape index (κ1) is 22.6. The number of aliphatic hydroxyl groups excluding tert-OH is 1. The van der Waals surface area contributed by atoms with Gasteiger partial charge in [0.25, 0.3) is 0 Å². The van der Waals surface area contributed by atoms with Crippen molar-refractivity contribution in [3.63, 3.8) is 0 Å². The third-order valence-electron chi connectivity index (χ3n) is 6.13. The molecule has 1 N–H and O–H groups in total. The van der Waals surface area contributed by atoms with Crippen molar-refractivity contribution in [3.05, 3.63) is 53.5 Å². The minimum Gasteiger partial charge on any atom is -0.481 e. The molecule has 0 spiro atoms. The summed E-state index contributed by atoms with van der Waals surface area (Å²) in [5, 5.41) is 10.2. The third-order valence-corrected chi connectivity index (χ3v) is 6.13. The maximum atomic E-state index is 10.2. The summed E-state index contributed by atoms with van der Waals surface area (Å²) in [5.41, 5.74) is 3.30. The van der Waals surface area contributed by atoms with Gasteiger partial charge in [0.2, 0.25) is 5.88 Å². The van der Waals surface area contributed by atoms with Crippen LogP contribution in [0.3, 0.4) is 0 Å². The second kappa shape index (κ2) is 9.21. The molecule has 0 unspecified atom stereocenters. The fourth-order valence-corrected chi connectivity index (χ4v) is 3.96. The Morgan fingerprint density at radius 1 is 1.25 bits per heavy atom. The smallest absolute Gasteiger partial charge is 0.213 e. The molecule has 2 aromatic rings. The van der Waals surface area contributed by atoms with Crippen molar-refractivity contribution in [2.75, 3.05) is 26.8 Å². The molecule has 0 radical (unpaired) electrons. The van der Waals surface area contributed by atoms with Gasteiger partial charge >= 0.3 is 0 Å². The molecule has 1 saturated heterocycles. The number of hydrogen-bond acceptors (Lipinski definition) is 5. The molecule has 1 aliphatic heterocycles. The van der Waals surface area contributed by atoms with E-state index in [1.165, 1.54) is 11.1 Å². The fourth-order valence-electron chi connectivity index (χ4n) is 3.96. The van der Waals surface area contributed by atoms with Crippen LogP contribution in [0.2, 0.25) is 0 Å². The topological polar surface area (TPSA) is 58.5 Å². The summed E-state index contributed by atoms with van der Waals surface area (Å²) in [4.78, 5) is 11.1. The van der Waals surface area contributed by atoms with Gasteiger partial charge < -0.3 is 9.84 Å². The molecule has 0 aliphatic carbocycles. The van der Waals surface area contributed by atoms with Crippen molar-refractivity contribution >= 4 is 12.4 Å². The second-order valence-corrected chi connectivity index (χ2v) is 8.28. The van der Waals surface area contributed by atoms with Gasteiger partial charge in [-0.1, -0.05) is 6.07 Å². The van der Waals surface area contributed by atoms with E-state index in [-0.39, 0.29) is 30.0 Å². The summed E-state index contributed by atoms with van der Waals surface area (Å²) in [7, 11) is 1.64. The minimum atomic E-state index is -0.0997. The van der Waals surface area contributed by atoms with Gasteiger partial charge in [0.15, 0.2) is 0 Å². The molecule has 0 amide bonds. The van der Waals surface area contributed by atoms with Gasteiger partial charge in [-0.15, -0.1) is 12.4 Å². The molecule has 0 bridgehead atoms. The van der Waals surface area contributed by atoms with E-state index in [2.05, 4.69) is 40.8 Å². The van der Waals surface area contributed by atoms with E-state index < -0.39 is 0 Å². The average molecular weight is 406 g/mol. The molecule has 3 heterocycles. The van der Waals surface area contributed by atoms with Gasteiger partial charge in [-0.3, -0.25) is 9.88 Å². The molecule has 154 valence electrons. The van der Waals surface area contributed by atoms with Gasteiger partial charge in [0.1, 0.15) is 0 Å². The lowest BCUT2D eigenvalue weighted by atomic mass is 9.82. The van der Waals surface area contributed by atoms with E-state index in [4.69, 9.17) is 4.74 Å². The highest BCUT2D eigenvalue weighted by Crippen LogP contribution is 2.41. The number of rotatable bonds is 7. The van der Waals surface area contributed by atoms with E-state index in [9.17, 15) is 5.11 Å². The lowest BCUT2D eigenvalue weighted by Crippen LogP contribution is -2.42. The highest BCUT2D eigenvalue weighted by atomic mass is 35.5. The molecule has 1 atom stereocenters. The predicted molar refractivity (Wildman–Crippen MR) is 114 cm³/mol. The zero-order chi connectivity index (χ0) is 19.5. The monoisotopic (exact) mass is 405 g/mol. The first-order chi connectivity index (χ1) is 12.9. The molecule has 2 aromatic heterocycles. The van der Waals surface area contributed by atoms with Crippen molar-refractivity contribution in [3.8, 4) is 5.88 Å². The summed E-state index contributed by atoms with van der Waals surface area (Å²) in [5.74, 6) is 0.645. The van der Waals surface area contributed by atoms with Gasteiger partial charge in [0.05, 0.1) is 7.11 Å². The van der Waals surface area contributed by atoms with Crippen molar-refractivity contribution in [1.29, 1.82) is 0 Å². The highest BCUT2D eigenvalue weighted by Gasteiger charge is 2.43. The van der Waals surface area contributed by atoms with Crippen molar-refractivity contribution in [2.45, 2.75) is 45.6 Å². The Morgan fingerprint density at radius 2 is 2.04 bits per heavy atom. The number of pyridine rings is 2. The van der Waals surface area contributed by atoms with Gasteiger partial charge in [-0.2, -0.15) is 0 Å². The van der Waals surface area contributed by atoms with Crippen LogP contribution in [0.5, 0.6) is 5.88 Å². The molecule has 3 rings (SSSR count). The largest absolute Gasteiger partial charge is 0.481 e. The Labute approximate surface area is 174 Å². The Bertz CT molecular complexity index is 767. The van der Waals surface area contributed by atoms with Gasteiger partial charge in [-0.25, -0.2) is 4.98 Å². The lowest BCUT2D eigenvalue weighted by molar-refractivity contribution is 0.0870. The number of likely N-dealkylation sites (tertiary alicyclic amines) is 1. The average Bonchev–Trinajstić information content (AvgIpc) is 3.13. The molecule has 28 heavy (non-hydrogen) atoms. The van der Waals surface area contributed by atoms with Crippen LogP contribution in [0.4, 0.5) is 0 Å². The number of halogens is 1. The van der Waals surface area contributed by atoms with Gasteiger partial charge in [-0.05, 0) is 69.8 Å². The number of aryl methyl sites for hydroxylation is 2. The van der Waals surface area contributed by atoms with Crippen molar-refractivity contribution in [1.82, 2.24) is 14.9 Å². The van der Waals surface area contributed by atoms with Crippen LogP contribution in [0.15, 0.2) is 36.7 Å². The minimum absolute atomic E-state index is 0. The standard InChI is InChI=1S/C22H31N3O2.ClH/c1-17-5-6-19(14-24-17)21(2,3)25-12-10-22(15-25,16-26)9-7-18-8-11-23-20(13-18)27-4;/h5-6,8,11,13-14,26H,7,9-10,12,15-16H2,1-4H3;1H/t22-;/m0./s1. The Morgan fingerprint density at radius 3 is 2.68 bits per heavy atom. The third kappa shape index (κ3) is 4.83. The Hall–Kier alpha value is -1.69. The molecular weight excluding hydrogens is 374 g/mol. The van der Waals surface area contributed by atoms with Crippen LogP contribution < -0.4 is 4.74 Å². The molecule has 1 aliphatic rings. The molecule has 0 aromatic carbocycles. The summed E-state index contributed by atoms with van der Waals surface area (Å²) in [6.07, 6.45) is 6.65. The molecular formula is C22H32ClN3O2. The molecule has 0 saturated carbocycles. The number of nitrogens with zero attached hydrogens (tertiary/aromatic N) is 3. The summed E-state index contributed by atoms with van der Waals surface area (Å²) >= 11 is 0. The summed E-state index contributed by atoms with van der Waals surface area (Å²) < 4.78 is 5.22. The van der Waals surface area contributed by atoms with Crippen LogP contribution >= 0.6 is 12.4 Å². The van der Waals surface area contributed by atoms with E-state index in [0.29, 0.717) is 5.88 Å². The quantitative estimate of drug-likeness (QED) is 0.759. The summed E-state index contributed by atoms with van der Waals surface area (Å²) in [6.45, 7) is 8.61.